The number of unbranched alkanes of at least 4 members (excludes halogenated alkanes) is 3. The molecule has 0 radical (unpaired) electrons. The Balaban J connectivity index is 2.47. The van der Waals surface area contributed by atoms with Gasteiger partial charge in [-0.15, -0.1) is 0 Å². The van der Waals surface area contributed by atoms with Crippen LogP contribution in [0.15, 0.2) is 9.59 Å². The van der Waals surface area contributed by atoms with Gasteiger partial charge in [0.05, 0.1) is 0 Å². The monoisotopic (exact) mass is 284 g/mol. The Morgan fingerprint density at radius 2 is 2.00 bits per heavy atom. The summed E-state index contributed by atoms with van der Waals surface area (Å²) in [6.07, 6.45) is 4.19. The highest BCUT2D eigenvalue weighted by Crippen LogP contribution is 2.10. The lowest BCUT2D eigenvalue weighted by Gasteiger charge is -2.08. The topological polar surface area (TPSA) is 72.7 Å². The van der Waals surface area contributed by atoms with Crippen molar-refractivity contribution in [2.45, 2.75) is 39.2 Å². The molecular formula is C12H17ClN4O2. The number of rotatable bonds is 5. The minimum Gasteiger partial charge on any atom is -0.323 e. The number of imidazole rings is 1. The van der Waals surface area contributed by atoms with E-state index in [0.29, 0.717) is 12.2 Å². The lowest BCUT2D eigenvalue weighted by atomic mass is 10.2. The Morgan fingerprint density at radius 1 is 1.26 bits per heavy atom. The van der Waals surface area contributed by atoms with Gasteiger partial charge in [0.2, 0.25) is 5.28 Å². The molecule has 0 fully saturated rings. The van der Waals surface area contributed by atoms with Gasteiger partial charge in [-0.25, -0.2) is 4.79 Å². The molecule has 0 aromatic carbocycles. The molecule has 0 aliphatic carbocycles. The van der Waals surface area contributed by atoms with Gasteiger partial charge < -0.3 is 4.98 Å². The average molecular weight is 285 g/mol. The number of aromatic nitrogens is 4. The Labute approximate surface area is 115 Å². The van der Waals surface area contributed by atoms with Crippen molar-refractivity contribution in [2.24, 2.45) is 7.05 Å². The molecule has 0 saturated heterocycles. The van der Waals surface area contributed by atoms with Crippen molar-refractivity contribution in [3.8, 4) is 0 Å². The van der Waals surface area contributed by atoms with E-state index in [1.54, 1.807) is 0 Å². The molecule has 0 aliphatic rings. The summed E-state index contributed by atoms with van der Waals surface area (Å²) in [5.41, 5.74) is -0.126. The number of halogens is 1. The van der Waals surface area contributed by atoms with Crippen LogP contribution in [0.5, 0.6) is 0 Å². The molecule has 0 unspecified atom stereocenters. The molecule has 0 spiro atoms. The number of fused-ring (bicyclic) bond motifs is 1. The van der Waals surface area contributed by atoms with E-state index in [9.17, 15) is 9.59 Å². The van der Waals surface area contributed by atoms with Gasteiger partial charge in [-0.2, -0.15) is 4.98 Å². The van der Waals surface area contributed by atoms with Crippen LogP contribution in [0.4, 0.5) is 0 Å². The second kappa shape index (κ2) is 5.61. The summed E-state index contributed by atoms with van der Waals surface area (Å²) in [7, 11) is 1.46. The third-order valence-electron chi connectivity index (χ3n) is 3.18. The largest absolute Gasteiger partial charge is 0.332 e. The van der Waals surface area contributed by atoms with Crippen LogP contribution in [0, 0.1) is 0 Å². The summed E-state index contributed by atoms with van der Waals surface area (Å²) in [6.45, 7) is 2.68. The first-order chi connectivity index (χ1) is 9.06. The molecule has 0 aliphatic heterocycles. The fourth-order valence-electron chi connectivity index (χ4n) is 2.10. The lowest BCUT2D eigenvalue weighted by Crippen LogP contribution is -2.38. The van der Waals surface area contributed by atoms with Crippen LogP contribution < -0.4 is 11.2 Å². The Bertz CT molecular complexity index is 698. The van der Waals surface area contributed by atoms with Crippen molar-refractivity contribution in [3.63, 3.8) is 0 Å². The van der Waals surface area contributed by atoms with E-state index < -0.39 is 5.56 Å². The van der Waals surface area contributed by atoms with Crippen molar-refractivity contribution >= 4 is 22.8 Å². The molecule has 7 heteroatoms. The predicted octanol–water partition coefficient (Wildman–Crippen LogP) is 1.66. The highest BCUT2D eigenvalue weighted by molar-refractivity contribution is 6.28. The van der Waals surface area contributed by atoms with Crippen LogP contribution in [0.1, 0.15) is 32.6 Å². The van der Waals surface area contributed by atoms with Crippen molar-refractivity contribution in [2.75, 3.05) is 0 Å². The minimum atomic E-state index is -0.399. The number of H-pyrrole nitrogens is 1. The Morgan fingerprint density at radius 3 is 2.68 bits per heavy atom. The molecule has 0 bridgehead atoms. The van der Waals surface area contributed by atoms with Crippen LogP contribution in [0.2, 0.25) is 5.28 Å². The number of nitrogens with zero attached hydrogens (tertiary/aromatic N) is 3. The van der Waals surface area contributed by atoms with Gasteiger partial charge in [0.25, 0.3) is 5.56 Å². The maximum Gasteiger partial charge on any atom is 0.332 e. The number of hydrogen-bond acceptors (Lipinski definition) is 3. The van der Waals surface area contributed by atoms with Gasteiger partial charge >= 0.3 is 5.69 Å². The normalized spacial score (nSPS) is 11.3. The fraction of sp³-hybridized carbons (Fsp3) is 0.583. The first-order valence-electron chi connectivity index (χ1n) is 6.41. The van der Waals surface area contributed by atoms with Gasteiger partial charge in [0.1, 0.15) is 0 Å². The molecule has 0 atom stereocenters. The first-order valence-corrected chi connectivity index (χ1v) is 6.79. The van der Waals surface area contributed by atoms with Crippen LogP contribution in [0.3, 0.4) is 0 Å². The number of hydrogen-bond donors (Lipinski definition) is 1. The maximum absolute atomic E-state index is 12.1. The molecule has 0 amide bonds. The summed E-state index contributed by atoms with van der Waals surface area (Å²) in [6, 6.07) is 0. The van der Waals surface area contributed by atoms with Crippen LogP contribution in [-0.2, 0) is 13.6 Å². The maximum atomic E-state index is 12.1. The highest BCUT2D eigenvalue weighted by atomic mass is 35.5. The minimum absolute atomic E-state index is 0.125. The van der Waals surface area contributed by atoms with Crippen LogP contribution >= 0.6 is 11.6 Å². The van der Waals surface area contributed by atoms with E-state index in [4.69, 9.17) is 11.6 Å². The van der Waals surface area contributed by atoms with Gasteiger partial charge in [0, 0.05) is 13.6 Å². The van der Waals surface area contributed by atoms with E-state index in [-0.39, 0.29) is 16.5 Å². The Hall–Kier alpha value is -1.56. The van der Waals surface area contributed by atoms with E-state index in [1.165, 1.54) is 11.6 Å². The smallest absolute Gasteiger partial charge is 0.323 e. The second-order valence-corrected chi connectivity index (χ2v) is 4.94. The average Bonchev–Trinajstić information content (AvgIpc) is 2.77. The molecule has 104 valence electrons. The predicted molar refractivity (Wildman–Crippen MR) is 74.7 cm³/mol. The van der Waals surface area contributed by atoms with Gasteiger partial charge in [-0.05, 0) is 18.0 Å². The number of aromatic amines is 1. The fourth-order valence-corrected chi connectivity index (χ4v) is 2.28. The first kappa shape index (κ1) is 13.9. The molecule has 1 N–H and O–H groups in total. The van der Waals surface area contributed by atoms with Crippen molar-refractivity contribution in [1.82, 2.24) is 19.1 Å². The quantitative estimate of drug-likeness (QED) is 0.670. The van der Waals surface area contributed by atoms with Crippen molar-refractivity contribution in [3.05, 3.63) is 26.1 Å². The summed E-state index contributed by atoms with van der Waals surface area (Å²) < 4.78 is 2.59. The standard InChI is InChI=1S/C12H17ClN4O2/c1-3-4-5-6-7-17-9-8(14-11(13)15-9)10(18)16(2)12(17)19/h3-7H2,1-2H3,(H,14,15). The van der Waals surface area contributed by atoms with E-state index in [1.807, 2.05) is 0 Å². The van der Waals surface area contributed by atoms with Gasteiger partial charge in [0.15, 0.2) is 11.2 Å². The van der Waals surface area contributed by atoms with Gasteiger partial charge in [-0.1, -0.05) is 26.2 Å². The van der Waals surface area contributed by atoms with E-state index in [2.05, 4.69) is 16.9 Å². The summed E-state index contributed by atoms with van der Waals surface area (Å²) in [5.74, 6) is 0. The van der Waals surface area contributed by atoms with E-state index in [0.717, 1.165) is 30.3 Å². The second-order valence-electron chi connectivity index (χ2n) is 4.59. The highest BCUT2D eigenvalue weighted by Gasteiger charge is 2.14. The molecule has 2 rings (SSSR count). The number of aryl methyl sites for hydroxylation is 1. The SMILES string of the molecule is CCCCCCn1c(=O)n(C)c(=O)c2[nH]c(Cl)nc21. The third-order valence-corrected chi connectivity index (χ3v) is 3.36. The summed E-state index contributed by atoms with van der Waals surface area (Å²) in [5, 5.41) is 0.125. The zero-order valence-corrected chi connectivity index (χ0v) is 11.8. The Kier molecular flexibility index (Phi) is 4.09. The molecular weight excluding hydrogens is 268 g/mol. The summed E-state index contributed by atoms with van der Waals surface area (Å²) >= 11 is 5.79. The molecule has 19 heavy (non-hydrogen) atoms. The molecule has 2 heterocycles. The van der Waals surface area contributed by atoms with Gasteiger partial charge in [-0.3, -0.25) is 13.9 Å². The summed E-state index contributed by atoms with van der Waals surface area (Å²) in [4.78, 5) is 30.7. The third kappa shape index (κ3) is 2.58. The molecule has 2 aromatic rings. The number of nitrogens with one attached hydrogen (secondary N) is 1. The molecule has 6 nitrogen and oxygen atoms in total. The zero-order chi connectivity index (χ0) is 14.0. The molecule has 0 saturated carbocycles. The van der Waals surface area contributed by atoms with Crippen molar-refractivity contribution < 1.29 is 0 Å². The molecule has 2 aromatic heterocycles. The van der Waals surface area contributed by atoms with Crippen LogP contribution in [-0.4, -0.2) is 19.1 Å². The zero-order valence-electron chi connectivity index (χ0n) is 11.1. The van der Waals surface area contributed by atoms with E-state index >= 15 is 0 Å². The lowest BCUT2D eigenvalue weighted by molar-refractivity contribution is 0.554. The van der Waals surface area contributed by atoms with Crippen molar-refractivity contribution in [1.29, 1.82) is 0 Å². The van der Waals surface area contributed by atoms with Crippen LogP contribution in [0.25, 0.3) is 11.2 Å².